The van der Waals surface area contributed by atoms with E-state index in [2.05, 4.69) is 51.2 Å². The topological polar surface area (TPSA) is 30.7 Å². The van der Waals surface area contributed by atoms with E-state index in [-0.39, 0.29) is 5.41 Å². The Morgan fingerprint density at radius 1 is 1.44 bits per heavy atom. The van der Waals surface area contributed by atoms with E-state index in [0.29, 0.717) is 5.88 Å². The van der Waals surface area contributed by atoms with E-state index < -0.39 is 0 Å². The predicted octanol–water partition coefficient (Wildman–Crippen LogP) is 4.37. The summed E-state index contributed by atoms with van der Waals surface area (Å²) in [6.45, 7) is 7.57. The second-order valence-corrected chi connectivity index (χ2v) is 6.44. The van der Waals surface area contributed by atoms with Gasteiger partial charge in [-0.2, -0.15) is 0 Å². The van der Waals surface area contributed by atoms with Gasteiger partial charge in [0, 0.05) is 17.2 Å². The lowest BCUT2D eigenvalue weighted by molar-refractivity contribution is 0.294. The Balaban J connectivity index is 2.53. The predicted molar refractivity (Wildman–Crippen MR) is 78.9 cm³/mol. The van der Waals surface area contributed by atoms with E-state index in [0.717, 1.165) is 34.4 Å². The standard InChI is InChI=1S/C13H17BrClN3/c1-4-13(2,3)8-18-11(6-15)17-10-5-9(14)7-16-12(10)18/h5,7H,4,6,8H2,1-3H3. The highest BCUT2D eigenvalue weighted by atomic mass is 79.9. The van der Waals surface area contributed by atoms with Gasteiger partial charge < -0.3 is 4.57 Å². The van der Waals surface area contributed by atoms with E-state index in [1.165, 1.54) is 0 Å². The summed E-state index contributed by atoms with van der Waals surface area (Å²) in [5, 5.41) is 0. The van der Waals surface area contributed by atoms with Gasteiger partial charge in [0.05, 0.1) is 5.88 Å². The summed E-state index contributed by atoms with van der Waals surface area (Å²) in [5.41, 5.74) is 2.02. The summed E-state index contributed by atoms with van der Waals surface area (Å²) in [6.07, 6.45) is 2.91. The Hall–Kier alpha value is -0.610. The molecule has 0 unspecified atom stereocenters. The molecule has 0 spiro atoms. The first-order valence-corrected chi connectivity index (χ1v) is 7.36. The number of fused-ring (bicyclic) bond motifs is 1. The summed E-state index contributed by atoms with van der Waals surface area (Å²) in [6, 6.07) is 1.98. The second kappa shape index (κ2) is 5.17. The van der Waals surface area contributed by atoms with Crippen molar-refractivity contribution in [3.05, 3.63) is 22.6 Å². The Bertz CT molecular complexity index is 563. The molecule has 0 fully saturated rings. The third kappa shape index (κ3) is 2.69. The van der Waals surface area contributed by atoms with Crippen LogP contribution in [0.2, 0.25) is 0 Å². The van der Waals surface area contributed by atoms with Gasteiger partial charge in [-0.05, 0) is 33.8 Å². The Morgan fingerprint density at radius 3 is 2.78 bits per heavy atom. The fraction of sp³-hybridized carbons (Fsp3) is 0.538. The van der Waals surface area contributed by atoms with Crippen LogP contribution in [0.1, 0.15) is 33.0 Å². The third-order valence-corrected chi connectivity index (χ3v) is 3.97. The van der Waals surface area contributed by atoms with E-state index in [9.17, 15) is 0 Å². The van der Waals surface area contributed by atoms with Crippen LogP contribution in [0.3, 0.4) is 0 Å². The van der Waals surface area contributed by atoms with Gasteiger partial charge in [-0.3, -0.25) is 0 Å². The molecule has 0 radical (unpaired) electrons. The van der Waals surface area contributed by atoms with Gasteiger partial charge in [-0.1, -0.05) is 20.8 Å². The van der Waals surface area contributed by atoms with Crippen LogP contribution in [0, 0.1) is 5.41 Å². The smallest absolute Gasteiger partial charge is 0.160 e. The van der Waals surface area contributed by atoms with Crippen LogP contribution in [0.15, 0.2) is 16.7 Å². The minimum absolute atomic E-state index is 0.212. The normalized spacial score (nSPS) is 12.3. The molecule has 0 amide bonds. The molecule has 0 N–H and O–H groups in total. The molecule has 0 atom stereocenters. The number of imidazole rings is 1. The summed E-state index contributed by atoms with van der Waals surface area (Å²) < 4.78 is 3.08. The number of pyridine rings is 1. The highest BCUT2D eigenvalue weighted by Gasteiger charge is 2.20. The van der Waals surface area contributed by atoms with E-state index >= 15 is 0 Å². The van der Waals surface area contributed by atoms with Crippen molar-refractivity contribution in [3.63, 3.8) is 0 Å². The maximum atomic E-state index is 5.99. The van der Waals surface area contributed by atoms with Crippen LogP contribution >= 0.6 is 27.5 Å². The van der Waals surface area contributed by atoms with Crippen molar-refractivity contribution in [2.45, 2.75) is 39.6 Å². The third-order valence-electron chi connectivity index (χ3n) is 3.29. The molecule has 2 aromatic rings. The molecule has 2 rings (SSSR count). The van der Waals surface area contributed by atoms with Crippen molar-refractivity contribution in [2.24, 2.45) is 5.41 Å². The molecule has 0 aromatic carbocycles. The van der Waals surface area contributed by atoms with Crippen LogP contribution in [0.25, 0.3) is 11.2 Å². The average molecular weight is 331 g/mol. The molecule has 0 aliphatic rings. The molecule has 0 aliphatic heterocycles. The molecule has 2 aromatic heterocycles. The zero-order chi connectivity index (χ0) is 13.3. The van der Waals surface area contributed by atoms with Crippen molar-refractivity contribution >= 4 is 38.7 Å². The number of aromatic nitrogens is 3. The maximum Gasteiger partial charge on any atom is 0.160 e. The molecule has 5 heteroatoms. The quantitative estimate of drug-likeness (QED) is 0.779. The van der Waals surface area contributed by atoms with Gasteiger partial charge in [0.25, 0.3) is 0 Å². The van der Waals surface area contributed by atoms with Gasteiger partial charge >= 0.3 is 0 Å². The second-order valence-electron chi connectivity index (χ2n) is 5.26. The lowest BCUT2D eigenvalue weighted by Crippen LogP contribution is -2.20. The molecule has 2 heterocycles. The highest BCUT2D eigenvalue weighted by Crippen LogP contribution is 2.27. The van der Waals surface area contributed by atoms with Crippen molar-refractivity contribution in [3.8, 4) is 0 Å². The van der Waals surface area contributed by atoms with Gasteiger partial charge in [0.2, 0.25) is 0 Å². The molecule has 0 saturated carbocycles. The van der Waals surface area contributed by atoms with Gasteiger partial charge in [0.15, 0.2) is 5.65 Å². The van der Waals surface area contributed by atoms with Crippen LogP contribution in [0.5, 0.6) is 0 Å². The minimum Gasteiger partial charge on any atom is -0.311 e. The van der Waals surface area contributed by atoms with Crippen molar-refractivity contribution in [2.75, 3.05) is 0 Å². The first kappa shape index (κ1) is 13.8. The van der Waals surface area contributed by atoms with Gasteiger partial charge in [-0.15, -0.1) is 11.6 Å². The molecule has 3 nitrogen and oxygen atoms in total. The summed E-state index contributed by atoms with van der Waals surface area (Å²) in [5.74, 6) is 1.30. The molecular formula is C13H17BrClN3. The lowest BCUT2D eigenvalue weighted by atomic mass is 9.90. The first-order chi connectivity index (χ1) is 8.46. The van der Waals surface area contributed by atoms with E-state index in [4.69, 9.17) is 11.6 Å². The zero-order valence-electron chi connectivity index (χ0n) is 10.9. The van der Waals surface area contributed by atoms with Crippen LogP contribution in [0.4, 0.5) is 0 Å². The van der Waals surface area contributed by atoms with Crippen molar-refractivity contribution in [1.29, 1.82) is 0 Å². The van der Waals surface area contributed by atoms with Crippen LogP contribution < -0.4 is 0 Å². The number of hydrogen-bond donors (Lipinski definition) is 0. The highest BCUT2D eigenvalue weighted by molar-refractivity contribution is 9.10. The monoisotopic (exact) mass is 329 g/mol. The molecular weight excluding hydrogens is 314 g/mol. The number of nitrogens with zero attached hydrogens (tertiary/aromatic N) is 3. The van der Waals surface area contributed by atoms with E-state index in [1.54, 1.807) is 6.20 Å². The Morgan fingerprint density at radius 2 is 2.17 bits per heavy atom. The fourth-order valence-electron chi connectivity index (χ4n) is 1.84. The molecule has 18 heavy (non-hydrogen) atoms. The molecule has 0 bridgehead atoms. The lowest BCUT2D eigenvalue weighted by Gasteiger charge is -2.24. The van der Waals surface area contributed by atoms with Crippen LogP contribution in [-0.2, 0) is 12.4 Å². The minimum atomic E-state index is 0.212. The number of rotatable bonds is 4. The molecule has 0 aliphatic carbocycles. The fourth-order valence-corrected chi connectivity index (χ4v) is 2.36. The van der Waals surface area contributed by atoms with Crippen molar-refractivity contribution in [1.82, 2.24) is 14.5 Å². The number of halogens is 2. The largest absolute Gasteiger partial charge is 0.311 e. The van der Waals surface area contributed by atoms with E-state index in [1.807, 2.05) is 6.07 Å². The Kier molecular flexibility index (Phi) is 3.97. The van der Waals surface area contributed by atoms with Gasteiger partial charge in [-0.25, -0.2) is 9.97 Å². The molecule has 98 valence electrons. The summed E-state index contributed by atoms with van der Waals surface area (Å²) in [4.78, 5) is 9.01. The van der Waals surface area contributed by atoms with Gasteiger partial charge in [0.1, 0.15) is 11.3 Å². The summed E-state index contributed by atoms with van der Waals surface area (Å²) in [7, 11) is 0. The number of alkyl halides is 1. The van der Waals surface area contributed by atoms with Crippen LogP contribution in [-0.4, -0.2) is 14.5 Å². The summed E-state index contributed by atoms with van der Waals surface area (Å²) >= 11 is 9.41. The SMILES string of the molecule is CCC(C)(C)Cn1c(CCl)nc2cc(Br)cnc21. The first-order valence-electron chi connectivity index (χ1n) is 6.03. The Labute approximate surface area is 121 Å². The average Bonchev–Trinajstić information content (AvgIpc) is 2.66. The van der Waals surface area contributed by atoms with Crippen molar-refractivity contribution < 1.29 is 0 Å². The zero-order valence-corrected chi connectivity index (χ0v) is 13.2. The molecule has 0 saturated heterocycles. The maximum absolute atomic E-state index is 5.99. The number of hydrogen-bond acceptors (Lipinski definition) is 2.